The Bertz CT molecular complexity index is 577. The van der Waals surface area contributed by atoms with Crippen LogP contribution >= 0.6 is 23.2 Å². The Hall–Kier alpha value is -1.34. The number of hydrogen-bond donors (Lipinski definition) is 3. The van der Waals surface area contributed by atoms with Gasteiger partial charge in [-0.3, -0.25) is 9.59 Å². The molecule has 2 atom stereocenters. The van der Waals surface area contributed by atoms with E-state index in [1.165, 1.54) is 4.90 Å². The Morgan fingerprint density at radius 3 is 2.57 bits per heavy atom. The Morgan fingerprint density at radius 2 is 2.04 bits per heavy atom. The van der Waals surface area contributed by atoms with Gasteiger partial charge in [-0.2, -0.15) is 0 Å². The molecule has 23 heavy (non-hydrogen) atoms. The van der Waals surface area contributed by atoms with E-state index in [9.17, 15) is 14.7 Å². The highest BCUT2D eigenvalue weighted by Crippen LogP contribution is 2.29. The van der Waals surface area contributed by atoms with Crippen LogP contribution in [-0.2, 0) is 9.59 Å². The maximum atomic E-state index is 12.4. The van der Waals surface area contributed by atoms with Gasteiger partial charge in [0.25, 0.3) is 0 Å². The van der Waals surface area contributed by atoms with Gasteiger partial charge in [0.15, 0.2) is 0 Å². The number of likely N-dealkylation sites (N-methyl/N-ethyl adjacent to an activating group) is 1. The number of aliphatic hydroxyl groups excluding tert-OH is 1. The monoisotopic (exact) mass is 359 g/mol. The van der Waals surface area contributed by atoms with E-state index < -0.39 is 12.1 Å². The van der Waals surface area contributed by atoms with Gasteiger partial charge >= 0.3 is 0 Å². The van der Waals surface area contributed by atoms with Crippen LogP contribution in [0.5, 0.6) is 0 Å². The van der Waals surface area contributed by atoms with E-state index in [0.717, 1.165) is 0 Å². The van der Waals surface area contributed by atoms with Gasteiger partial charge in [-0.1, -0.05) is 29.3 Å². The molecule has 1 aromatic rings. The predicted molar refractivity (Wildman–Crippen MR) is 89.8 cm³/mol. The van der Waals surface area contributed by atoms with E-state index >= 15 is 0 Å². The Morgan fingerprint density at radius 1 is 1.39 bits per heavy atom. The number of rotatable bonds is 5. The normalized spacial score (nSPS) is 20.3. The zero-order valence-electron chi connectivity index (χ0n) is 12.7. The van der Waals surface area contributed by atoms with Gasteiger partial charge in [0, 0.05) is 13.1 Å². The molecule has 1 fully saturated rings. The Kier molecular flexibility index (Phi) is 6.24. The molecule has 1 aliphatic heterocycles. The molecule has 0 saturated carbocycles. The lowest BCUT2D eigenvalue weighted by molar-refractivity contribution is -0.136. The molecule has 6 nitrogen and oxygen atoms in total. The van der Waals surface area contributed by atoms with Crippen molar-refractivity contribution in [2.24, 2.45) is 0 Å². The molecule has 126 valence electrons. The van der Waals surface area contributed by atoms with Gasteiger partial charge in [0.2, 0.25) is 11.8 Å². The van der Waals surface area contributed by atoms with Crippen molar-refractivity contribution in [1.82, 2.24) is 10.2 Å². The van der Waals surface area contributed by atoms with Gasteiger partial charge < -0.3 is 20.6 Å². The lowest BCUT2D eigenvalue weighted by atomic mass is 10.2. The average molecular weight is 360 g/mol. The Balaban J connectivity index is 1.98. The van der Waals surface area contributed by atoms with Crippen molar-refractivity contribution in [1.29, 1.82) is 0 Å². The number of aliphatic hydroxyl groups is 1. The number of carbonyl (C=O) groups excluding carboxylic acids is 2. The van der Waals surface area contributed by atoms with Crippen LogP contribution in [0.15, 0.2) is 18.2 Å². The van der Waals surface area contributed by atoms with E-state index in [1.807, 2.05) is 0 Å². The first-order valence-corrected chi connectivity index (χ1v) is 8.12. The smallest absolute Gasteiger partial charge is 0.244 e. The molecular weight excluding hydrogens is 341 g/mol. The summed E-state index contributed by atoms with van der Waals surface area (Å²) >= 11 is 12.0. The van der Waals surface area contributed by atoms with E-state index in [1.54, 1.807) is 25.1 Å². The van der Waals surface area contributed by atoms with Crippen LogP contribution in [0.1, 0.15) is 13.3 Å². The number of β-amino-alcohol motifs (C(OH)–C–C–N with tert-alkyl or cyclic N) is 1. The molecule has 2 unspecified atom stereocenters. The predicted octanol–water partition coefficient (Wildman–Crippen LogP) is 1.50. The summed E-state index contributed by atoms with van der Waals surface area (Å²) in [6, 6.07) is 4.46. The van der Waals surface area contributed by atoms with Crippen LogP contribution < -0.4 is 10.6 Å². The molecule has 0 aromatic heterocycles. The fourth-order valence-corrected chi connectivity index (χ4v) is 2.93. The molecule has 0 aliphatic carbocycles. The number of benzene rings is 1. The fraction of sp³-hybridized carbons (Fsp3) is 0.467. The fourth-order valence-electron chi connectivity index (χ4n) is 2.44. The standard InChI is InChI=1S/C15H19Cl2N3O3/c1-2-20(15(23)12-6-9(21)7-18-12)8-13(22)19-14-10(16)4-3-5-11(14)17/h3-5,9,12,18,21H,2,6-8H2,1H3,(H,19,22). The van der Waals surface area contributed by atoms with Crippen molar-refractivity contribution in [3.8, 4) is 0 Å². The van der Waals surface area contributed by atoms with Crippen LogP contribution in [0.3, 0.4) is 0 Å². The third-order valence-electron chi connectivity index (χ3n) is 3.66. The topological polar surface area (TPSA) is 81.7 Å². The summed E-state index contributed by atoms with van der Waals surface area (Å²) < 4.78 is 0. The van der Waals surface area contributed by atoms with Crippen molar-refractivity contribution in [2.45, 2.75) is 25.5 Å². The third kappa shape index (κ3) is 4.57. The van der Waals surface area contributed by atoms with Crippen molar-refractivity contribution in [2.75, 3.05) is 25.0 Å². The van der Waals surface area contributed by atoms with Crippen molar-refractivity contribution < 1.29 is 14.7 Å². The summed E-state index contributed by atoms with van der Waals surface area (Å²) in [6.45, 7) is 2.45. The number of amides is 2. The minimum Gasteiger partial charge on any atom is -0.392 e. The number of para-hydroxylation sites is 1. The summed E-state index contributed by atoms with van der Waals surface area (Å²) in [4.78, 5) is 26.0. The number of carbonyl (C=O) groups is 2. The molecule has 2 amide bonds. The zero-order chi connectivity index (χ0) is 17.0. The summed E-state index contributed by atoms with van der Waals surface area (Å²) in [7, 11) is 0. The van der Waals surface area contributed by atoms with Crippen molar-refractivity contribution in [3.63, 3.8) is 0 Å². The summed E-state index contributed by atoms with van der Waals surface area (Å²) in [6.07, 6.45) is -0.175. The van der Waals surface area contributed by atoms with Gasteiger partial charge in [-0.15, -0.1) is 0 Å². The minimum absolute atomic E-state index is 0.106. The maximum Gasteiger partial charge on any atom is 0.244 e. The number of hydrogen-bond acceptors (Lipinski definition) is 4. The molecule has 1 aromatic carbocycles. The first kappa shape index (κ1) is 18.0. The number of nitrogens with zero attached hydrogens (tertiary/aromatic N) is 1. The molecule has 8 heteroatoms. The molecular formula is C15H19Cl2N3O3. The van der Waals surface area contributed by atoms with Crippen LogP contribution in [0.2, 0.25) is 10.0 Å². The highest BCUT2D eigenvalue weighted by Gasteiger charge is 2.31. The molecule has 1 heterocycles. The lowest BCUT2D eigenvalue weighted by Gasteiger charge is -2.24. The average Bonchev–Trinajstić information content (AvgIpc) is 2.94. The number of nitrogens with one attached hydrogen (secondary N) is 2. The van der Waals surface area contributed by atoms with Gasteiger partial charge in [0.05, 0.1) is 34.4 Å². The molecule has 3 N–H and O–H groups in total. The van der Waals surface area contributed by atoms with Crippen LogP contribution in [0.4, 0.5) is 5.69 Å². The van der Waals surface area contributed by atoms with E-state index in [0.29, 0.717) is 35.2 Å². The van der Waals surface area contributed by atoms with Crippen molar-refractivity contribution >= 4 is 40.7 Å². The lowest BCUT2D eigenvalue weighted by Crippen LogP contribution is -2.46. The second-order valence-corrected chi connectivity index (χ2v) is 6.16. The van der Waals surface area contributed by atoms with Gasteiger partial charge in [-0.05, 0) is 25.5 Å². The summed E-state index contributed by atoms with van der Waals surface area (Å²) in [5, 5.41) is 15.7. The van der Waals surface area contributed by atoms with Crippen molar-refractivity contribution in [3.05, 3.63) is 28.2 Å². The molecule has 1 aliphatic rings. The second kappa shape index (κ2) is 7.97. The number of halogens is 2. The van der Waals surface area contributed by atoms with Gasteiger partial charge in [-0.25, -0.2) is 0 Å². The van der Waals surface area contributed by atoms with Crippen LogP contribution in [-0.4, -0.2) is 53.6 Å². The zero-order valence-corrected chi connectivity index (χ0v) is 14.2. The van der Waals surface area contributed by atoms with Crippen LogP contribution in [0.25, 0.3) is 0 Å². The molecule has 1 saturated heterocycles. The molecule has 2 rings (SSSR count). The first-order valence-electron chi connectivity index (χ1n) is 7.36. The molecule has 0 bridgehead atoms. The SMILES string of the molecule is CCN(CC(=O)Nc1c(Cl)cccc1Cl)C(=O)C1CC(O)CN1. The highest BCUT2D eigenvalue weighted by atomic mass is 35.5. The third-order valence-corrected chi connectivity index (χ3v) is 4.29. The van der Waals surface area contributed by atoms with E-state index in [2.05, 4.69) is 10.6 Å². The quantitative estimate of drug-likeness (QED) is 0.744. The molecule has 0 radical (unpaired) electrons. The van der Waals surface area contributed by atoms with E-state index in [-0.39, 0.29) is 18.4 Å². The minimum atomic E-state index is -0.529. The van der Waals surface area contributed by atoms with Crippen LogP contribution in [0, 0.1) is 0 Å². The largest absolute Gasteiger partial charge is 0.392 e. The number of anilines is 1. The molecule has 0 spiro atoms. The van der Waals surface area contributed by atoms with Gasteiger partial charge in [0.1, 0.15) is 0 Å². The Labute approximate surface area is 144 Å². The maximum absolute atomic E-state index is 12.4. The van der Waals surface area contributed by atoms with E-state index in [4.69, 9.17) is 23.2 Å². The second-order valence-electron chi connectivity index (χ2n) is 5.35. The summed E-state index contributed by atoms with van der Waals surface area (Å²) in [5.41, 5.74) is 0.332. The highest BCUT2D eigenvalue weighted by molar-refractivity contribution is 6.39. The summed E-state index contributed by atoms with van der Waals surface area (Å²) in [5.74, 6) is -0.585. The first-order chi connectivity index (χ1) is 10.9.